The van der Waals surface area contributed by atoms with Gasteiger partial charge >= 0.3 is 17.9 Å². The number of unbranched alkanes of at least 4 members (excludes halogenated alkanes) is 26. The van der Waals surface area contributed by atoms with Gasteiger partial charge in [-0.2, -0.15) is 0 Å². The molecule has 0 unspecified atom stereocenters. The topological polar surface area (TPSA) is 78.9 Å². The van der Waals surface area contributed by atoms with Crippen molar-refractivity contribution in [2.45, 2.75) is 259 Å². The fourth-order valence-corrected chi connectivity index (χ4v) is 6.93. The monoisotopic (exact) mass is 751 g/mol. The standard InChI is InChI=1S/C47H90O6/c1-6-7-8-9-10-11-12-13-14-17-23-29-34-39-47(50)53-44(41-52-46(49)38-33-28-24-19-21-26-31-36-43(4)5)40-51-45(48)37-32-27-22-18-15-16-20-25-30-35-42(2)3/h42-44H,6-41H2,1-5H3/t44-/m1/s1. The van der Waals surface area contributed by atoms with Gasteiger partial charge in [-0.25, -0.2) is 0 Å². The molecule has 0 aromatic rings. The van der Waals surface area contributed by atoms with E-state index < -0.39 is 6.10 Å². The molecule has 0 aromatic carbocycles. The van der Waals surface area contributed by atoms with Gasteiger partial charge in [0.1, 0.15) is 13.2 Å². The first-order valence-electron chi connectivity index (χ1n) is 23.2. The van der Waals surface area contributed by atoms with Crippen LogP contribution in [0, 0.1) is 11.8 Å². The molecular weight excluding hydrogens is 661 g/mol. The van der Waals surface area contributed by atoms with Gasteiger partial charge < -0.3 is 14.2 Å². The lowest BCUT2D eigenvalue weighted by molar-refractivity contribution is -0.167. The van der Waals surface area contributed by atoms with Crippen molar-refractivity contribution in [3.63, 3.8) is 0 Å². The molecule has 6 heteroatoms. The lowest BCUT2D eigenvalue weighted by Crippen LogP contribution is -2.30. The minimum atomic E-state index is -0.760. The van der Waals surface area contributed by atoms with Crippen molar-refractivity contribution in [1.29, 1.82) is 0 Å². The third kappa shape index (κ3) is 41.4. The van der Waals surface area contributed by atoms with Gasteiger partial charge in [-0.1, -0.05) is 214 Å². The highest BCUT2D eigenvalue weighted by Crippen LogP contribution is 2.16. The quantitative estimate of drug-likeness (QED) is 0.0352. The summed E-state index contributed by atoms with van der Waals surface area (Å²) in [4.78, 5) is 37.7. The number of carbonyl (C=O) groups is 3. The smallest absolute Gasteiger partial charge is 0.306 e. The van der Waals surface area contributed by atoms with E-state index in [4.69, 9.17) is 14.2 Å². The predicted molar refractivity (Wildman–Crippen MR) is 224 cm³/mol. The summed E-state index contributed by atoms with van der Waals surface area (Å²) in [7, 11) is 0. The molecule has 0 spiro atoms. The molecule has 0 saturated heterocycles. The molecule has 0 aliphatic rings. The van der Waals surface area contributed by atoms with Crippen LogP contribution >= 0.6 is 0 Å². The molecule has 53 heavy (non-hydrogen) atoms. The van der Waals surface area contributed by atoms with Crippen LogP contribution in [0.4, 0.5) is 0 Å². The molecule has 0 radical (unpaired) electrons. The van der Waals surface area contributed by atoms with Crippen LogP contribution in [-0.4, -0.2) is 37.2 Å². The fraction of sp³-hybridized carbons (Fsp3) is 0.936. The van der Waals surface area contributed by atoms with Crippen molar-refractivity contribution in [1.82, 2.24) is 0 Å². The second-order valence-electron chi connectivity index (χ2n) is 17.0. The molecule has 0 rings (SSSR count). The van der Waals surface area contributed by atoms with Gasteiger partial charge in [0.25, 0.3) is 0 Å². The molecule has 0 aliphatic carbocycles. The summed E-state index contributed by atoms with van der Waals surface area (Å²) in [6.45, 7) is 11.3. The first-order valence-corrected chi connectivity index (χ1v) is 23.2. The fourth-order valence-electron chi connectivity index (χ4n) is 6.93. The van der Waals surface area contributed by atoms with Crippen molar-refractivity contribution in [2.24, 2.45) is 11.8 Å². The van der Waals surface area contributed by atoms with E-state index in [0.717, 1.165) is 69.6 Å². The number of esters is 3. The Kier molecular flexibility index (Phi) is 38.9. The van der Waals surface area contributed by atoms with E-state index in [9.17, 15) is 14.4 Å². The van der Waals surface area contributed by atoms with Crippen LogP contribution in [0.1, 0.15) is 253 Å². The second-order valence-corrected chi connectivity index (χ2v) is 17.0. The Bertz CT molecular complexity index is 809. The summed E-state index contributed by atoms with van der Waals surface area (Å²) in [6.07, 6.45) is 38.1. The number of hydrogen-bond acceptors (Lipinski definition) is 6. The van der Waals surface area contributed by atoms with Crippen LogP contribution in [0.3, 0.4) is 0 Å². The van der Waals surface area contributed by atoms with Gasteiger partial charge in [0.2, 0.25) is 0 Å². The predicted octanol–water partition coefficient (Wildman–Crippen LogP) is 14.6. The molecule has 6 nitrogen and oxygen atoms in total. The summed E-state index contributed by atoms with van der Waals surface area (Å²) in [5.41, 5.74) is 0. The van der Waals surface area contributed by atoms with E-state index in [2.05, 4.69) is 34.6 Å². The van der Waals surface area contributed by atoms with Crippen molar-refractivity contribution >= 4 is 17.9 Å². The SMILES string of the molecule is CCCCCCCCCCCCCCCC(=O)O[C@H](COC(=O)CCCCCCCCCCCC(C)C)COC(=O)CCCCCCCCCC(C)C. The Balaban J connectivity index is 4.33. The third-order valence-corrected chi connectivity index (χ3v) is 10.5. The summed E-state index contributed by atoms with van der Waals surface area (Å²) < 4.78 is 16.7. The Labute approximate surface area is 329 Å². The van der Waals surface area contributed by atoms with E-state index in [1.165, 1.54) is 141 Å². The molecule has 0 saturated carbocycles. The Hall–Kier alpha value is -1.59. The van der Waals surface area contributed by atoms with Gasteiger partial charge in [0, 0.05) is 19.3 Å². The van der Waals surface area contributed by atoms with E-state index in [-0.39, 0.29) is 31.1 Å². The van der Waals surface area contributed by atoms with Crippen LogP contribution in [-0.2, 0) is 28.6 Å². The zero-order chi connectivity index (χ0) is 39.0. The van der Waals surface area contributed by atoms with Crippen molar-refractivity contribution in [3.8, 4) is 0 Å². The Morgan fingerprint density at radius 1 is 0.358 bits per heavy atom. The highest BCUT2D eigenvalue weighted by molar-refractivity contribution is 5.71. The molecule has 0 amide bonds. The second kappa shape index (κ2) is 40.1. The minimum Gasteiger partial charge on any atom is -0.462 e. The average molecular weight is 751 g/mol. The van der Waals surface area contributed by atoms with Gasteiger partial charge in [0.15, 0.2) is 6.10 Å². The minimum absolute atomic E-state index is 0.0654. The molecule has 0 aromatic heterocycles. The van der Waals surface area contributed by atoms with Crippen LogP contribution in [0.2, 0.25) is 0 Å². The number of carbonyl (C=O) groups excluding carboxylic acids is 3. The summed E-state index contributed by atoms with van der Waals surface area (Å²) in [5.74, 6) is 0.731. The number of ether oxygens (including phenoxy) is 3. The molecule has 0 aliphatic heterocycles. The highest BCUT2D eigenvalue weighted by atomic mass is 16.6. The van der Waals surface area contributed by atoms with Crippen LogP contribution < -0.4 is 0 Å². The molecular formula is C47H90O6. The molecule has 314 valence electrons. The third-order valence-electron chi connectivity index (χ3n) is 10.5. The van der Waals surface area contributed by atoms with Gasteiger partial charge in [-0.05, 0) is 31.1 Å². The Morgan fingerprint density at radius 3 is 0.925 bits per heavy atom. The average Bonchev–Trinajstić information content (AvgIpc) is 3.12. The summed E-state index contributed by atoms with van der Waals surface area (Å²) in [6, 6.07) is 0. The van der Waals surface area contributed by atoms with E-state index in [0.29, 0.717) is 19.3 Å². The lowest BCUT2D eigenvalue weighted by Gasteiger charge is -2.18. The van der Waals surface area contributed by atoms with Gasteiger partial charge in [0.05, 0.1) is 0 Å². The zero-order valence-electron chi connectivity index (χ0n) is 36.1. The normalized spacial score (nSPS) is 12.1. The maximum absolute atomic E-state index is 12.7. The molecule has 0 heterocycles. The Morgan fingerprint density at radius 2 is 0.623 bits per heavy atom. The van der Waals surface area contributed by atoms with Crippen LogP contribution in [0.25, 0.3) is 0 Å². The van der Waals surface area contributed by atoms with Crippen LogP contribution in [0.5, 0.6) is 0 Å². The maximum atomic E-state index is 12.7. The summed E-state index contributed by atoms with van der Waals surface area (Å²) in [5, 5.41) is 0. The van der Waals surface area contributed by atoms with E-state index in [1.54, 1.807) is 0 Å². The van der Waals surface area contributed by atoms with Crippen molar-refractivity contribution < 1.29 is 28.6 Å². The van der Waals surface area contributed by atoms with E-state index >= 15 is 0 Å². The molecule has 1 atom stereocenters. The molecule has 0 fully saturated rings. The lowest BCUT2D eigenvalue weighted by atomic mass is 10.0. The highest BCUT2D eigenvalue weighted by Gasteiger charge is 2.19. The van der Waals surface area contributed by atoms with Gasteiger partial charge in [-0.3, -0.25) is 14.4 Å². The number of rotatable bonds is 41. The molecule has 0 bridgehead atoms. The van der Waals surface area contributed by atoms with Crippen molar-refractivity contribution in [2.75, 3.05) is 13.2 Å². The zero-order valence-corrected chi connectivity index (χ0v) is 36.1. The van der Waals surface area contributed by atoms with Gasteiger partial charge in [-0.15, -0.1) is 0 Å². The first kappa shape index (κ1) is 51.4. The van der Waals surface area contributed by atoms with Crippen molar-refractivity contribution in [3.05, 3.63) is 0 Å². The maximum Gasteiger partial charge on any atom is 0.306 e. The van der Waals surface area contributed by atoms with E-state index in [1.807, 2.05) is 0 Å². The largest absolute Gasteiger partial charge is 0.462 e. The number of hydrogen-bond donors (Lipinski definition) is 0. The summed E-state index contributed by atoms with van der Waals surface area (Å²) >= 11 is 0. The molecule has 0 N–H and O–H groups in total. The van der Waals surface area contributed by atoms with Crippen LogP contribution in [0.15, 0.2) is 0 Å². The first-order chi connectivity index (χ1) is 25.7.